The first-order valence-electron chi connectivity index (χ1n) is 11.2. The van der Waals surface area contributed by atoms with Crippen LogP contribution in [-0.4, -0.2) is 113 Å². The fraction of sp³-hybridized carbons (Fsp3) is 0.667. The highest BCUT2D eigenvalue weighted by molar-refractivity contribution is 8.08. The van der Waals surface area contributed by atoms with Crippen molar-refractivity contribution in [1.82, 2.24) is 9.97 Å². The first kappa shape index (κ1) is 31.1. The van der Waals surface area contributed by atoms with Crippen molar-refractivity contribution in [2.45, 2.75) is 61.5 Å². The zero-order chi connectivity index (χ0) is 28.7. The summed E-state index contributed by atoms with van der Waals surface area (Å²) in [6.45, 7) is -6.02. The first-order valence-corrected chi connectivity index (χ1v) is 16.2. The van der Waals surface area contributed by atoms with Crippen molar-refractivity contribution in [3.05, 3.63) is 17.3 Å². The standard InChI is InChI=1S/C18H27N3O14P2S2/c19-17-16-11(20-5-21-17)6(4-39-16)9-1-7(23)10(32-9)3-31-37(30,38)35-36(28,29)34-18-14(27)12(25)13(26)15(33-18)8(24)2-22/h4-5,7-10,12-15,18,22-27H,1-3H2,(H,28,29)(H,30,38)(H2,19,20,21)/t7-,8-,9+,10+,12?,13?,14?,15?,18?,37?/m0/s1. The highest BCUT2D eigenvalue weighted by Crippen LogP contribution is 2.61. The van der Waals surface area contributed by atoms with Gasteiger partial charge in [-0.25, -0.2) is 18.8 Å². The van der Waals surface area contributed by atoms with Crippen LogP contribution in [0.5, 0.6) is 0 Å². The van der Waals surface area contributed by atoms with Crippen molar-refractivity contribution in [2.24, 2.45) is 0 Å². The van der Waals surface area contributed by atoms with Crippen molar-refractivity contribution in [3.63, 3.8) is 0 Å². The molecule has 0 amide bonds. The van der Waals surface area contributed by atoms with Crippen molar-refractivity contribution in [3.8, 4) is 0 Å². The number of ether oxygens (including phenoxy) is 2. The van der Waals surface area contributed by atoms with E-state index in [9.17, 15) is 39.9 Å². The van der Waals surface area contributed by atoms with Crippen molar-refractivity contribution in [1.29, 1.82) is 0 Å². The SMILES string of the molecule is Nc1ncnc2c([C@H]3C[C@H](O)[C@@H](COP(O)(=S)OP(=O)(O)OC4OC([C@@H](O)CO)C(O)C(O)C4O)O3)csc12. The predicted molar refractivity (Wildman–Crippen MR) is 134 cm³/mol. The van der Waals surface area contributed by atoms with E-state index in [0.717, 1.165) is 0 Å². The van der Waals surface area contributed by atoms with Gasteiger partial charge in [0.25, 0.3) is 0 Å². The Kier molecular flexibility index (Phi) is 9.75. The van der Waals surface area contributed by atoms with Gasteiger partial charge in [-0.3, -0.25) is 4.52 Å². The minimum atomic E-state index is -5.37. The summed E-state index contributed by atoms with van der Waals surface area (Å²) in [5.41, 5.74) is 7.06. The summed E-state index contributed by atoms with van der Waals surface area (Å²) in [5, 5.41) is 60.9. The minimum absolute atomic E-state index is 0.131. The molecular weight excluding hydrogens is 608 g/mol. The largest absolute Gasteiger partial charge is 0.481 e. The number of aliphatic hydroxyl groups excluding tert-OH is 6. The Morgan fingerprint density at radius 3 is 2.59 bits per heavy atom. The third kappa shape index (κ3) is 6.99. The molecule has 10 N–H and O–H groups in total. The molecule has 2 aromatic rings. The number of fused-ring (bicyclic) bond motifs is 1. The van der Waals surface area contributed by atoms with Gasteiger partial charge in [0.2, 0.25) is 0 Å². The number of nitrogens with zero attached hydrogens (tertiary/aromatic N) is 2. The normalized spacial score (nSPS) is 35.5. The monoisotopic (exact) mass is 635 g/mol. The molecule has 0 spiro atoms. The summed E-state index contributed by atoms with van der Waals surface area (Å²) in [6.07, 6.45) is -12.9. The van der Waals surface area contributed by atoms with Crippen molar-refractivity contribution >= 4 is 53.7 Å². The lowest BCUT2D eigenvalue weighted by Gasteiger charge is -2.41. The quantitative estimate of drug-likeness (QED) is 0.128. The van der Waals surface area contributed by atoms with Gasteiger partial charge in [0.15, 0.2) is 6.29 Å². The molecule has 2 aliphatic rings. The van der Waals surface area contributed by atoms with E-state index in [0.29, 0.717) is 21.6 Å². The van der Waals surface area contributed by atoms with Gasteiger partial charge >= 0.3 is 14.5 Å². The Balaban J connectivity index is 1.35. The van der Waals surface area contributed by atoms with E-state index in [1.54, 1.807) is 5.38 Å². The van der Waals surface area contributed by atoms with Crippen LogP contribution in [0.3, 0.4) is 0 Å². The van der Waals surface area contributed by atoms with Gasteiger partial charge in [-0.2, -0.15) is 0 Å². The summed E-state index contributed by atoms with van der Waals surface area (Å²) in [4.78, 5) is 28.5. The van der Waals surface area contributed by atoms with Gasteiger partial charge in [-0.1, -0.05) is 0 Å². The second-order valence-corrected chi connectivity index (χ2v) is 14.0. The maximum absolute atomic E-state index is 12.5. The fourth-order valence-corrected chi connectivity index (χ4v) is 8.11. The van der Waals surface area contributed by atoms with Gasteiger partial charge in [0.1, 0.15) is 48.8 Å². The molecule has 0 aliphatic carbocycles. The number of hydrogen-bond acceptors (Lipinski definition) is 17. The molecular formula is C18H27N3O14P2S2. The number of anilines is 1. The third-order valence-corrected chi connectivity index (χ3v) is 10.5. The molecule has 0 radical (unpaired) electrons. The number of nitrogens with two attached hydrogens (primary N) is 1. The first-order chi connectivity index (χ1) is 18.2. The predicted octanol–water partition coefficient (Wildman–Crippen LogP) is -2.01. The Morgan fingerprint density at radius 1 is 1.18 bits per heavy atom. The number of nitrogen functional groups attached to an aromatic ring is 1. The Bertz CT molecular complexity index is 1260. The van der Waals surface area contributed by atoms with Crippen LogP contribution in [0.15, 0.2) is 11.7 Å². The molecule has 17 nitrogen and oxygen atoms in total. The molecule has 4 rings (SSSR count). The lowest BCUT2D eigenvalue weighted by atomic mass is 9.96. The topological polar surface area (TPSA) is 277 Å². The molecule has 2 saturated heterocycles. The van der Waals surface area contributed by atoms with Gasteiger partial charge in [0.05, 0.1) is 35.6 Å². The number of hydrogen-bond donors (Lipinski definition) is 9. The average Bonchev–Trinajstić information content (AvgIpc) is 3.46. The van der Waals surface area contributed by atoms with Crippen LogP contribution < -0.4 is 5.73 Å². The molecule has 220 valence electrons. The van der Waals surface area contributed by atoms with Crippen LogP contribution in [0.25, 0.3) is 10.2 Å². The summed E-state index contributed by atoms with van der Waals surface area (Å²) in [5.74, 6) is 0.292. The Morgan fingerprint density at radius 2 is 1.90 bits per heavy atom. The summed E-state index contributed by atoms with van der Waals surface area (Å²) >= 11 is 6.05. The molecule has 21 heteroatoms. The maximum atomic E-state index is 12.5. The number of aromatic nitrogens is 2. The van der Waals surface area contributed by atoms with Gasteiger partial charge < -0.3 is 60.2 Å². The van der Waals surface area contributed by atoms with Crippen molar-refractivity contribution < 1.29 is 67.8 Å². The average molecular weight is 636 g/mol. The molecule has 4 heterocycles. The smallest absolute Gasteiger partial charge is 0.394 e. The summed E-state index contributed by atoms with van der Waals surface area (Å²) in [6, 6.07) is 0. The van der Waals surface area contributed by atoms with E-state index in [4.69, 9.17) is 36.6 Å². The number of thiophene rings is 1. The number of phosphoric ester groups is 1. The van der Waals surface area contributed by atoms with Gasteiger partial charge in [-0.15, -0.1) is 11.3 Å². The van der Waals surface area contributed by atoms with Crippen LogP contribution in [0, 0.1) is 0 Å². The Labute approximate surface area is 229 Å². The maximum Gasteiger partial charge on any atom is 0.481 e. The van der Waals surface area contributed by atoms with Gasteiger partial charge in [-0.05, 0) is 17.2 Å². The zero-order valence-electron chi connectivity index (χ0n) is 19.7. The van der Waals surface area contributed by atoms with E-state index in [-0.39, 0.29) is 6.42 Å². The molecule has 0 saturated carbocycles. The Hall–Kier alpha value is -0.800. The second-order valence-electron chi connectivity index (χ2n) is 8.70. The van der Waals surface area contributed by atoms with Crippen LogP contribution in [0.4, 0.5) is 5.82 Å². The van der Waals surface area contributed by atoms with E-state index in [2.05, 4.69) is 18.8 Å². The van der Waals surface area contributed by atoms with Crippen LogP contribution in [-0.2, 0) is 39.2 Å². The number of aliphatic hydroxyl groups is 6. The van der Waals surface area contributed by atoms with Crippen molar-refractivity contribution in [2.75, 3.05) is 18.9 Å². The van der Waals surface area contributed by atoms with E-state index >= 15 is 0 Å². The van der Waals surface area contributed by atoms with E-state index < -0.39 is 82.9 Å². The molecule has 11 atom stereocenters. The van der Waals surface area contributed by atoms with Gasteiger partial charge in [0, 0.05) is 12.0 Å². The number of phosphoric acid groups is 1. The minimum Gasteiger partial charge on any atom is -0.394 e. The van der Waals surface area contributed by atoms with Crippen LogP contribution >= 0.6 is 25.9 Å². The van der Waals surface area contributed by atoms with Crippen LogP contribution in [0.1, 0.15) is 18.1 Å². The van der Waals surface area contributed by atoms with E-state index in [1.807, 2.05) is 0 Å². The molecule has 2 aromatic heterocycles. The lowest BCUT2D eigenvalue weighted by molar-refractivity contribution is -0.292. The lowest BCUT2D eigenvalue weighted by Crippen LogP contribution is -2.61. The summed E-state index contributed by atoms with van der Waals surface area (Å²) < 4.78 is 38.2. The number of rotatable bonds is 10. The highest BCUT2D eigenvalue weighted by Gasteiger charge is 2.50. The second kappa shape index (κ2) is 12.2. The zero-order valence-corrected chi connectivity index (χ0v) is 23.1. The molecule has 7 unspecified atom stereocenters. The molecule has 39 heavy (non-hydrogen) atoms. The molecule has 2 aliphatic heterocycles. The summed E-state index contributed by atoms with van der Waals surface area (Å²) in [7, 11) is -5.37. The molecule has 0 aromatic carbocycles. The highest BCUT2D eigenvalue weighted by atomic mass is 32.5. The van der Waals surface area contributed by atoms with Crippen LogP contribution in [0.2, 0.25) is 0 Å². The van der Waals surface area contributed by atoms with E-state index in [1.165, 1.54) is 17.7 Å². The molecule has 0 bridgehead atoms. The third-order valence-electron chi connectivity index (χ3n) is 6.00. The molecule has 2 fully saturated rings. The fourth-order valence-electron chi connectivity index (χ4n) is 4.05.